The maximum absolute atomic E-state index is 12.3. The van der Waals surface area contributed by atoms with Crippen molar-refractivity contribution in [2.45, 2.75) is 32.6 Å². The van der Waals surface area contributed by atoms with Crippen molar-refractivity contribution in [1.29, 1.82) is 0 Å². The predicted molar refractivity (Wildman–Crippen MR) is 70.7 cm³/mol. The summed E-state index contributed by atoms with van der Waals surface area (Å²) >= 11 is 0. The molecule has 2 aliphatic rings. The highest BCUT2D eigenvalue weighted by Crippen LogP contribution is 2.40. The number of carbonyl (C=O) groups is 2. The lowest BCUT2D eigenvalue weighted by Crippen LogP contribution is -2.32. The monoisotopic (exact) mass is 247 g/mol. The van der Waals surface area contributed by atoms with Crippen LogP contribution in [0.3, 0.4) is 0 Å². The van der Waals surface area contributed by atoms with E-state index in [4.69, 9.17) is 0 Å². The van der Waals surface area contributed by atoms with Crippen molar-refractivity contribution in [1.82, 2.24) is 4.90 Å². The van der Waals surface area contributed by atoms with Gasteiger partial charge < -0.3 is 0 Å². The maximum Gasteiger partial charge on any atom is 0.233 e. The molecule has 0 aromatic heterocycles. The van der Waals surface area contributed by atoms with Gasteiger partial charge >= 0.3 is 0 Å². The Kier molecular flexibility index (Phi) is 4.00. The minimum atomic E-state index is -0.121. The quantitative estimate of drug-likeness (QED) is 0.553. The fourth-order valence-electron chi connectivity index (χ4n) is 3.09. The van der Waals surface area contributed by atoms with Crippen LogP contribution in [0, 0.1) is 17.8 Å². The van der Waals surface area contributed by atoms with Crippen molar-refractivity contribution in [3.8, 4) is 0 Å². The standard InChI is InChI=1S/C15H21NO2/c1-3-5-7-11-8-6-9-12-13(11)15(18)16(10-4-2)14(12)17/h4,6,8,11-13H,2-3,5,7,9-10H2,1H3. The molecule has 0 spiro atoms. The lowest BCUT2D eigenvalue weighted by Gasteiger charge is -2.25. The van der Waals surface area contributed by atoms with Crippen molar-refractivity contribution < 1.29 is 9.59 Å². The van der Waals surface area contributed by atoms with E-state index < -0.39 is 0 Å². The van der Waals surface area contributed by atoms with E-state index in [0.29, 0.717) is 13.0 Å². The molecule has 0 aromatic rings. The topological polar surface area (TPSA) is 37.4 Å². The van der Waals surface area contributed by atoms with Gasteiger partial charge in [-0.1, -0.05) is 38.0 Å². The van der Waals surface area contributed by atoms with Gasteiger partial charge in [-0.25, -0.2) is 0 Å². The summed E-state index contributed by atoms with van der Waals surface area (Å²) in [6, 6.07) is 0. The second-order valence-electron chi connectivity index (χ2n) is 5.18. The van der Waals surface area contributed by atoms with Gasteiger partial charge in [-0.3, -0.25) is 14.5 Å². The highest BCUT2D eigenvalue weighted by molar-refractivity contribution is 6.05. The first-order valence-electron chi connectivity index (χ1n) is 6.83. The molecule has 0 radical (unpaired) electrons. The van der Waals surface area contributed by atoms with E-state index in [0.717, 1.165) is 19.3 Å². The van der Waals surface area contributed by atoms with Gasteiger partial charge in [-0.2, -0.15) is 0 Å². The summed E-state index contributed by atoms with van der Waals surface area (Å²) in [5.41, 5.74) is 0. The number of hydrogen-bond donors (Lipinski definition) is 0. The second kappa shape index (κ2) is 5.51. The Balaban J connectivity index is 2.18. The van der Waals surface area contributed by atoms with E-state index in [1.807, 2.05) is 0 Å². The highest BCUT2D eigenvalue weighted by atomic mass is 16.2. The molecule has 3 heteroatoms. The maximum atomic E-state index is 12.3. The zero-order valence-electron chi connectivity index (χ0n) is 11.0. The van der Waals surface area contributed by atoms with Crippen LogP contribution in [0.2, 0.25) is 0 Å². The van der Waals surface area contributed by atoms with Crippen LogP contribution in [-0.2, 0) is 9.59 Å². The third kappa shape index (κ3) is 2.14. The van der Waals surface area contributed by atoms with Gasteiger partial charge in [-0.05, 0) is 18.8 Å². The summed E-state index contributed by atoms with van der Waals surface area (Å²) in [6.07, 6.45) is 9.80. The van der Waals surface area contributed by atoms with Gasteiger partial charge in [0.25, 0.3) is 0 Å². The van der Waals surface area contributed by atoms with Crippen LogP contribution >= 0.6 is 0 Å². The summed E-state index contributed by atoms with van der Waals surface area (Å²) in [4.78, 5) is 25.9. The van der Waals surface area contributed by atoms with Crippen LogP contribution in [0.25, 0.3) is 0 Å². The van der Waals surface area contributed by atoms with Crippen LogP contribution in [-0.4, -0.2) is 23.3 Å². The first-order valence-corrected chi connectivity index (χ1v) is 6.83. The molecule has 3 unspecified atom stereocenters. The Morgan fingerprint density at radius 3 is 2.89 bits per heavy atom. The third-order valence-corrected chi connectivity index (χ3v) is 4.01. The average Bonchev–Trinajstić information content (AvgIpc) is 2.63. The van der Waals surface area contributed by atoms with Crippen LogP contribution in [0.1, 0.15) is 32.6 Å². The van der Waals surface area contributed by atoms with Crippen LogP contribution in [0.4, 0.5) is 0 Å². The van der Waals surface area contributed by atoms with E-state index in [1.165, 1.54) is 4.90 Å². The minimum absolute atomic E-state index is 0.00394. The number of carbonyl (C=O) groups excluding carboxylic acids is 2. The molecule has 0 bridgehead atoms. The van der Waals surface area contributed by atoms with Gasteiger partial charge in [0.15, 0.2) is 0 Å². The van der Waals surface area contributed by atoms with Crippen molar-refractivity contribution >= 4 is 11.8 Å². The summed E-state index contributed by atoms with van der Waals surface area (Å²) in [5.74, 6) is 0.0133. The van der Waals surface area contributed by atoms with Gasteiger partial charge in [0.2, 0.25) is 11.8 Å². The number of rotatable bonds is 5. The average molecular weight is 247 g/mol. The van der Waals surface area contributed by atoms with Gasteiger partial charge in [-0.15, -0.1) is 6.58 Å². The molecule has 3 nitrogen and oxygen atoms in total. The normalized spacial score (nSPS) is 30.7. The van der Waals surface area contributed by atoms with Gasteiger partial charge in [0, 0.05) is 6.54 Å². The molecular formula is C15H21NO2. The molecule has 18 heavy (non-hydrogen) atoms. The Labute approximate surface area is 109 Å². The Morgan fingerprint density at radius 1 is 1.44 bits per heavy atom. The molecule has 1 saturated heterocycles. The molecule has 98 valence electrons. The van der Waals surface area contributed by atoms with E-state index in [1.54, 1.807) is 6.08 Å². The number of amides is 2. The molecule has 0 aromatic carbocycles. The highest BCUT2D eigenvalue weighted by Gasteiger charge is 2.50. The Morgan fingerprint density at radius 2 is 2.22 bits per heavy atom. The fraction of sp³-hybridized carbons (Fsp3) is 0.600. The molecule has 2 rings (SSSR count). The zero-order valence-corrected chi connectivity index (χ0v) is 11.0. The molecule has 3 atom stereocenters. The summed E-state index contributed by atoms with van der Waals surface area (Å²) in [6.45, 7) is 6.12. The van der Waals surface area contributed by atoms with E-state index in [-0.39, 0.29) is 29.6 Å². The molecular weight excluding hydrogens is 226 g/mol. The largest absolute Gasteiger partial charge is 0.278 e. The Bertz CT molecular complexity index is 386. The number of likely N-dealkylation sites (tertiary alicyclic amines) is 1. The predicted octanol–water partition coefficient (Wildman–Crippen LogP) is 2.54. The molecule has 0 N–H and O–H groups in total. The number of allylic oxidation sites excluding steroid dienone is 2. The minimum Gasteiger partial charge on any atom is -0.278 e. The molecule has 1 fully saturated rings. The molecule has 0 saturated carbocycles. The Hall–Kier alpha value is -1.38. The van der Waals surface area contributed by atoms with Gasteiger partial charge in [0.1, 0.15) is 0 Å². The number of hydrogen-bond acceptors (Lipinski definition) is 2. The second-order valence-corrected chi connectivity index (χ2v) is 5.18. The molecule has 1 heterocycles. The van der Waals surface area contributed by atoms with Gasteiger partial charge in [0.05, 0.1) is 11.8 Å². The number of imide groups is 1. The van der Waals surface area contributed by atoms with E-state index >= 15 is 0 Å². The van der Waals surface area contributed by atoms with Crippen molar-refractivity contribution in [2.75, 3.05) is 6.54 Å². The lowest BCUT2D eigenvalue weighted by molar-refractivity contribution is -0.139. The van der Waals surface area contributed by atoms with Crippen molar-refractivity contribution in [2.24, 2.45) is 17.8 Å². The van der Waals surface area contributed by atoms with Crippen molar-refractivity contribution in [3.05, 3.63) is 24.8 Å². The van der Waals surface area contributed by atoms with E-state index in [9.17, 15) is 9.59 Å². The summed E-state index contributed by atoms with van der Waals surface area (Å²) in [7, 11) is 0. The van der Waals surface area contributed by atoms with Crippen LogP contribution < -0.4 is 0 Å². The number of fused-ring (bicyclic) bond motifs is 1. The molecule has 2 amide bonds. The third-order valence-electron chi connectivity index (χ3n) is 4.01. The van der Waals surface area contributed by atoms with Crippen molar-refractivity contribution in [3.63, 3.8) is 0 Å². The van der Waals surface area contributed by atoms with E-state index in [2.05, 4.69) is 25.7 Å². The van der Waals surface area contributed by atoms with Crippen LogP contribution in [0.5, 0.6) is 0 Å². The first-order chi connectivity index (χ1) is 8.70. The SMILES string of the molecule is C=CCN1C(=O)C2CC=CC(CCCC)C2C1=O. The summed E-state index contributed by atoms with van der Waals surface area (Å²) < 4.78 is 0. The lowest BCUT2D eigenvalue weighted by atomic mass is 9.75. The summed E-state index contributed by atoms with van der Waals surface area (Å²) in [5, 5.41) is 0. The number of unbranched alkanes of at least 4 members (excludes halogenated alkanes) is 1. The zero-order chi connectivity index (χ0) is 13.1. The molecule has 1 aliphatic carbocycles. The molecule has 1 aliphatic heterocycles. The number of nitrogens with zero attached hydrogens (tertiary/aromatic N) is 1. The fourth-order valence-corrected chi connectivity index (χ4v) is 3.09. The first kappa shape index (κ1) is 13.1. The smallest absolute Gasteiger partial charge is 0.233 e. The van der Waals surface area contributed by atoms with Crippen LogP contribution in [0.15, 0.2) is 24.8 Å².